The fraction of sp³-hybridized carbons (Fsp3) is 0.120. The van der Waals surface area contributed by atoms with Gasteiger partial charge in [0.2, 0.25) is 0 Å². The first-order valence-electron chi connectivity index (χ1n) is 9.95. The topological polar surface area (TPSA) is 41.9 Å². The molecule has 6 heteroatoms. The number of amidine groups is 1. The van der Waals surface area contributed by atoms with Crippen LogP contribution in [0.2, 0.25) is 0 Å². The summed E-state index contributed by atoms with van der Waals surface area (Å²) in [7, 11) is 0. The van der Waals surface area contributed by atoms with Crippen molar-refractivity contribution in [1.29, 1.82) is 0 Å². The van der Waals surface area contributed by atoms with Gasteiger partial charge in [-0.1, -0.05) is 48.5 Å². The van der Waals surface area contributed by atoms with E-state index in [-0.39, 0.29) is 11.7 Å². The van der Waals surface area contributed by atoms with Crippen LogP contribution in [0.5, 0.6) is 5.75 Å². The molecule has 156 valence electrons. The minimum absolute atomic E-state index is 0.105. The molecule has 3 aromatic rings. The predicted octanol–water partition coefficient (Wildman–Crippen LogP) is 6.03. The van der Waals surface area contributed by atoms with Gasteiger partial charge in [0.15, 0.2) is 5.17 Å². The molecule has 1 heterocycles. The standard InChI is InChI=1S/C25H21FN2O2S/c1-2-28-24(29)23(31-25(28)27-21-14-12-20(26)13-15-21)16-19-10-6-7-11-22(19)30-17-18-8-4-3-5-9-18/h3-16H,2,17H2,1H3/b23-16+,27-25?. The zero-order chi connectivity index (χ0) is 21.6. The van der Waals surface area contributed by atoms with Crippen molar-refractivity contribution in [2.45, 2.75) is 13.5 Å². The van der Waals surface area contributed by atoms with Crippen LogP contribution < -0.4 is 4.74 Å². The molecule has 0 aliphatic carbocycles. The lowest BCUT2D eigenvalue weighted by Gasteiger charge is -2.12. The number of carbonyl (C=O) groups is 1. The number of nitrogens with zero attached hydrogens (tertiary/aromatic N) is 2. The number of hydrogen-bond acceptors (Lipinski definition) is 4. The molecule has 0 saturated carbocycles. The minimum atomic E-state index is -0.320. The first-order valence-corrected chi connectivity index (χ1v) is 10.8. The van der Waals surface area contributed by atoms with Crippen LogP contribution in [0.4, 0.5) is 10.1 Å². The van der Waals surface area contributed by atoms with E-state index in [1.54, 1.807) is 17.0 Å². The number of amides is 1. The third-order valence-corrected chi connectivity index (χ3v) is 5.71. The summed E-state index contributed by atoms with van der Waals surface area (Å²) >= 11 is 1.31. The summed E-state index contributed by atoms with van der Waals surface area (Å²) in [6.45, 7) is 2.84. The number of likely N-dealkylation sites (N-methyl/N-ethyl adjacent to an activating group) is 1. The molecular formula is C25H21FN2O2S. The van der Waals surface area contributed by atoms with Crippen LogP contribution in [-0.2, 0) is 11.4 Å². The quantitative estimate of drug-likeness (QED) is 0.447. The molecule has 0 unspecified atom stereocenters. The molecule has 3 aromatic carbocycles. The number of benzene rings is 3. The van der Waals surface area contributed by atoms with E-state index in [4.69, 9.17) is 4.74 Å². The number of rotatable bonds is 6. The second-order valence-electron chi connectivity index (χ2n) is 6.84. The lowest BCUT2D eigenvalue weighted by Crippen LogP contribution is -2.28. The molecule has 1 fully saturated rings. The van der Waals surface area contributed by atoms with Gasteiger partial charge >= 0.3 is 0 Å². The van der Waals surface area contributed by atoms with Gasteiger partial charge in [-0.15, -0.1) is 0 Å². The molecular weight excluding hydrogens is 411 g/mol. The molecule has 1 aliphatic heterocycles. The summed E-state index contributed by atoms with van der Waals surface area (Å²) in [5, 5.41) is 0.577. The number of aliphatic imine (C=N–C) groups is 1. The maximum atomic E-state index is 13.2. The molecule has 0 N–H and O–H groups in total. The number of ether oxygens (including phenoxy) is 1. The lowest BCUT2D eigenvalue weighted by atomic mass is 10.1. The van der Waals surface area contributed by atoms with Crippen molar-refractivity contribution >= 4 is 34.6 Å². The summed E-state index contributed by atoms with van der Waals surface area (Å²) in [5.74, 6) is 0.282. The predicted molar refractivity (Wildman–Crippen MR) is 124 cm³/mol. The van der Waals surface area contributed by atoms with E-state index in [1.807, 2.05) is 67.6 Å². The fourth-order valence-electron chi connectivity index (χ4n) is 3.10. The zero-order valence-electron chi connectivity index (χ0n) is 17.0. The molecule has 0 aromatic heterocycles. The minimum Gasteiger partial charge on any atom is -0.488 e. The van der Waals surface area contributed by atoms with E-state index in [9.17, 15) is 9.18 Å². The van der Waals surface area contributed by atoms with Gasteiger partial charge in [0.05, 0.1) is 10.6 Å². The van der Waals surface area contributed by atoms with Crippen LogP contribution in [0, 0.1) is 5.82 Å². The van der Waals surface area contributed by atoms with E-state index < -0.39 is 0 Å². The van der Waals surface area contributed by atoms with Gasteiger partial charge in [0.1, 0.15) is 18.2 Å². The second kappa shape index (κ2) is 9.62. The number of para-hydroxylation sites is 1. The van der Waals surface area contributed by atoms with E-state index >= 15 is 0 Å². The third-order valence-electron chi connectivity index (χ3n) is 4.70. The van der Waals surface area contributed by atoms with Crippen LogP contribution in [0.3, 0.4) is 0 Å². The molecule has 0 spiro atoms. The van der Waals surface area contributed by atoms with E-state index in [0.717, 1.165) is 11.1 Å². The average molecular weight is 433 g/mol. The Balaban J connectivity index is 1.58. The summed E-state index contributed by atoms with van der Waals surface area (Å²) < 4.78 is 19.2. The largest absolute Gasteiger partial charge is 0.488 e. The number of thioether (sulfide) groups is 1. The first kappa shape index (κ1) is 20.9. The van der Waals surface area contributed by atoms with Crippen LogP contribution in [0.1, 0.15) is 18.1 Å². The maximum Gasteiger partial charge on any atom is 0.266 e. The summed E-state index contributed by atoms with van der Waals surface area (Å²) in [6, 6.07) is 23.5. The van der Waals surface area contributed by atoms with Crippen molar-refractivity contribution in [3.8, 4) is 5.75 Å². The average Bonchev–Trinajstić information content (AvgIpc) is 3.09. The summed E-state index contributed by atoms with van der Waals surface area (Å²) in [5.41, 5.74) is 2.50. The molecule has 31 heavy (non-hydrogen) atoms. The van der Waals surface area contributed by atoms with Crippen molar-refractivity contribution in [3.63, 3.8) is 0 Å². The molecule has 1 aliphatic rings. The monoisotopic (exact) mass is 432 g/mol. The van der Waals surface area contributed by atoms with Crippen molar-refractivity contribution in [2.24, 2.45) is 4.99 Å². The maximum absolute atomic E-state index is 13.2. The van der Waals surface area contributed by atoms with Gasteiger partial charge in [0.25, 0.3) is 5.91 Å². The number of halogens is 1. The van der Waals surface area contributed by atoms with E-state index in [2.05, 4.69) is 4.99 Å². The Morgan fingerprint density at radius 1 is 1.00 bits per heavy atom. The smallest absolute Gasteiger partial charge is 0.266 e. The molecule has 0 bridgehead atoms. The number of carbonyl (C=O) groups excluding carboxylic acids is 1. The van der Waals surface area contributed by atoms with Gasteiger partial charge in [-0.25, -0.2) is 9.38 Å². The Labute approximate surface area is 185 Å². The Morgan fingerprint density at radius 3 is 2.45 bits per heavy atom. The van der Waals surface area contributed by atoms with Crippen molar-refractivity contribution in [3.05, 3.63) is 101 Å². The first-order chi connectivity index (χ1) is 15.1. The highest BCUT2D eigenvalue weighted by Gasteiger charge is 2.32. The Bertz CT molecular complexity index is 1130. The van der Waals surface area contributed by atoms with Crippen molar-refractivity contribution in [1.82, 2.24) is 4.90 Å². The third kappa shape index (κ3) is 5.03. The van der Waals surface area contributed by atoms with Crippen LogP contribution >= 0.6 is 11.8 Å². The van der Waals surface area contributed by atoms with Crippen LogP contribution in [-0.4, -0.2) is 22.5 Å². The molecule has 4 nitrogen and oxygen atoms in total. The summed E-state index contributed by atoms with van der Waals surface area (Å²) in [4.78, 5) is 19.7. The highest BCUT2D eigenvalue weighted by atomic mass is 32.2. The van der Waals surface area contributed by atoms with E-state index in [1.165, 1.54) is 23.9 Å². The van der Waals surface area contributed by atoms with Gasteiger partial charge in [0, 0.05) is 12.1 Å². The lowest BCUT2D eigenvalue weighted by molar-refractivity contribution is -0.122. The van der Waals surface area contributed by atoms with Gasteiger partial charge in [-0.2, -0.15) is 0 Å². The van der Waals surface area contributed by atoms with Crippen LogP contribution in [0.15, 0.2) is 88.8 Å². The molecule has 4 rings (SSSR count). The fourth-order valence-corrected chi connectivity index (χ4v) is 4.16. The van der Waals surface area contributed by atoms with Gasteiger partial charge in [-0.05, 0) is 60.7 Å². The normalized spacial score (nSPS) is 16.3. The van der Waals surface area contributed by atoms with Crippen molar-refractivity contribution < 1.29 is 13.9 Å². The van der Waals surface area contributed by atoms with Crippen molar-refractivity contribution in [2.75, 3.05) is 6.54 Å². The Hall–Kier alpha value is -3.38. The SMILES string of the molecule is CCN1C(=O)/C(=C\c2ccccc2OCc2ccccc2)SC1=Nc1ccc(F)cc1. The Morgan fingerprint density at radius 2 is 1.71 bits per heavy atom. The van der Waals surface area contributed by atoms with Crippen LogP contribution in [0.25, 0.3) is 6.08 Å². The van der Waals surface area contributed by atoms with E-state index in [0.29, 0.717) is 34.7 Å². The molecule has 0 atom stereocenters. The molecule has 1 saturated heterocycles. The zero-order valence-corrected chi connectivity index (χ0v) is 17.8. The summed E-state index contributed by atoms with van der Waals surface area (Å²) in [6.07, 6.45) is 1.84. The highest BCUT2D eigenvalue weighted by molar-refractivity contribution is 8.18. The highest BCUT2D eigenvalue weighted by Crippen LogP contribution is 2.35. The number of hydrogen-bond donors (Lipinski definition) is 0. The Kier molecular flexibility index (Phi) is 6.48. The van der Waals surface area contributed by atoms with Gasteiger partial charge in [-0.3, -0.25) is 9.69 Å². The molecule has 1 amide bonds. The van der Waals surface area contributed by atoms with Gasteiger partial charge < -0.3 is 4.74 Å². The molecule has 0 radical (unpaired) electrons. The second-order valence-corrected chi connectivity index (χ2v) is 7.85.